The van der Waals surface area contributed by atoms with E-state index in [4.69, 9.17) is 5.84 Å². The summed E-state index contributed by atoms with van der Waals surface area (Å²) >= 11 is 0. The zero-order valence-corrected chi connectivity index (χ0v) is 19.8. The minimum atomic E-state index is -2.67. The standard InChI is InChI=1S/C22H29F2N7.C2H6/c1-3-4-9-20-26-22(21(23)24)28-31(20)14-16-10-12-17(13-11-16)19-8-6-5-7-18(19)15(2)27-30-29-25;1-2/h5-8,10-13,15,21,27,29-30H,3-4,9,14,25H2,1-2H3;1-2H3. The molecule has 0 saturated carbocycles. The summed E-state index contributed by atoms with van der Waals surface area (Å²) in [5, 5.41) is 4.03. The zero-order chi connectivity index (χ0) is 24.2. The minimum Gasteiger partial charge on any atom is -0.257 e. The predicted molar refractivity (Wildman–Crippen MR) is 128 cm³/mol. The molecule has 1 atom stereocenters. The molecule has 0 saturated heterocycles. The van der Waals surface area contributed by atoms with Crippen LogP contribution in [0, 0.1) is 0 Å². The summed E-state index contributed by atoms with van der Waals surface area (Å²) in [4.78, 5) is 4.04. The summed E-state index contributed by atoms with van der Waals surface area (Å²) < 4.78 is 27.8. The van der Waals surface area contributed by atoms with E-state index in [2.05, 4.69) is 45.6 Å². The maximum Gasteiger partial charge on any atom is 0.299 e. The molecule has 5 N–H and O–H groups in total. The molecule has 9 heteroatoms. The molecule has 180 valence electrons. The Kier molecular flexibility index (Phi) is 11.0. The van der Waals surface area contributed by atoms with Gasteiger partial charge in [0.15, 0.2) is 0 Å². The molecule has 1 unspecified atom stereocenters. The number of nitrogens with two attached hydrogens (primary N) is 1. The number of hydrogen-bond donors (Lipinski definition) is 4. The first-order chi connectivity index (χ1) is 16.0. The van der Waals surface area contributed by atoms with Gasteiger partial charge in [-0.15, -0.1) is 5.10 Å². The number of benzene rings is 2. The molecule has 0 bridgehead atoms. The SMILES string of the molecule is CC.CCCCc1nc(C(F)F)nn1Cc1ccc(-c2ccccc2C(C)NNNN)cc1. The number of aromatic nitrogens is 3. The molecule has 0 amide bonds. The summed E-state index contributed by atoms with van der Waals surface area (Å²) in [7, 11) is 0. The van der Waals surface area contributed by atoms with E-state index in [1.807, 2.05) is 57.2 Å². The fourth-order valence-electron chi connectivity index (χ4n) is 3.46. The van der Waals surface area contributed by atoms with Crippen molar-refractivity contribution in [3.05, 3.63) is 71.3 Å². The van der Waals surface area contributed by atoms with Crippen molar-refractivity contribution in [1.29, 1.82) is 0 Å². The highest BCUT2D eigenvalue weighted by Gasteiger charge is 2.17. The van der Waals surface area contributed by atoms with E-state index in [0.29, 0.717) is 18.8 Å². The summed E-state index contributed by atoms with van der Waals surface area (Å²) in [6.07, 6.45) is -0.175. The minimum absolute atomic E-state index is 0.0102. The molecular formula is C24H35F2N7. The van der Waals surface area contributed by atoms with E-state index < -0.39 is 12.2 Å². The fraction of sp³-hybridized carbons (Fsp3) is 0.417. The van der Waals surface area contributed by atoms with Gasteiger partial charge in [-0.1, -0.05) is 75.7 Å². The Morgan fingerprint density at radius 3 is 2.39 bits per heavy atom. The van der Waals surface area contributed by atoms with Crippen molar-refractivity contribution < 1.29 is 8.78 Å². The average Bonchev–Trinajstić information content (AvgIpc) is 3.26. The zero-order valence-electron chi connectivity index (χ0n) is 19.8. The van der Waals surface area contributed by atoms with Crippen LogP contribution in [0.4, 0.5) is 8.78 Å². The van der Waals surface area contributed by atoms with Crippen LogP contribution < -0.4 is 22.3 Å². The van der Waals surface area contributed by atoms with E-state index in [0.717, 1.165) is 35.1 Å². The maximum absolute atomic E-state index is 13.1. The summed E-state index contributed by atoms with van der Waals surface area (Å²) in [6.45, 7) is 8.50. The molecule has 0 aliphatic rings. The molecule has 0 aliphatic carbocycles. The third kappa shape index (κ3) is 7.40. The van der Waals surface area contributed by atoms with Gasteiger partial charge in [0.1, 0.15) is 5.82 Å². The summed E-state index contributed by atoms with van der Waals surface area (Å²) in [6, 6.07) is 16.2. The first-order valence-electron chi connectivity index (χ1n) is 11.4. The normalized spacial score (nSPS) is 11.9. The van der Waals surface area contributed by atoms with Crippen LogP contribution in [0.25, 0.3) is 11.1 Å². The molecule has 3 rings (SSSR count). The topological polar surface area (TPSA) is 92.8 Å². The molecule has 2 aromatic carbocycles. The second-order valence-corrected chi connectivity index (χ2v) is 7.37. The lowest BCUT2D eigenvalue weighted by Gasteiger charge is -2.18. The van der Waals surface area contributed by atoms with Gasteiger partial charge in [0.2, 0.25) is 5.82 Å². The lowest BCUT2D eigenvalue weighted by atomic mass is 9.95. The molecule has 1 aromatic heterocycles. The van der Waals surface area contributed by atoms with Crippen LogP contribution in [0.2, 0.25) is 0 Å². The number of rotatable bonds is 11. The number of alkyl halides is 2. The van der Waals surface area contributed by atoms with E-state index in [9.17, 15) is 8.78 Å². The third-order valence-corrected chi connectivity index (χ3v) is 5.10. The van der Waals surface area contributed by atoms with E-state index in [1.54, 1.807) is 4.68 Å². The number of hydrazine groups is 3. The maximum atomic E-state index is 13.1. The molecule has 1 heterocycles. The van der Waals surface area contributed by atoms with E-state index >= 15 is 0 Å². The Bertz CT molecular complexity index is 958. The quantitative estimate of drug-likeness (QED) is 0.242. The number of nitrogens with zero attached hydrogens (tertiary/aromatic N) is 3. The Morgan fingerprint density at radius 1 is 1.06 bits per heavy atom. The van der Waals surface area contributed by atoms with Gasteiger partial charge < -0.3 is 0 Å². The van der Waals surface area contributed by atoms with Gasteiger partial charge in [0.25, 0.3) is 6.43 Å². The Morgan fingerprint density at radius 2 is 1.76 bits per heavy atom. The van der Waals surface area contributed by atoms with Gasteiger partial charge in [0, 0.05) is 12.5 Å². The second kappa shape index (κ2) is 13.7. The molecule has 0 radical (unpaired) electrons. The van der Waals surface area contributed by atoms with Crippen LogP contribution in [-0.2, 0) is 13.0 Å². The highest BCUT2D eigenvalue weighted by atomic mass is 19.3. The van der Waals surface area contributed by atoms with Gasteiger partial charge in [-0.05, 0) is 35.6 Å². The van der Waals surface area contributed by atoms with Crippen LogP contribution in [0.1, 0.15) is 75.8 Å². The molecule has 0 fully saturated rings. The van der Waals surface area contributed by atoms with Gasteiger partial charge >= 0.3 is 0 Å². The highest BCUT2D eigenvalue weighted by molar-refractivity contribution is 5.68. The van der Waals surface area contributed by atoms with Crippen molar-refractivity contribution in [2.24, 2.45) is 5.84 Å². The van der Waals surface area contributed by atoms with E-state index in [1.165, 1.54) is 0 Å². The van der Waals surface area contributed by atoms with Crippen LogP contribution in [0.5, 0.6) is 0 Å². The number of aryl methyl sites for hydroxylation is 1. The van der Waals surface area contributed by atoms with E-state index in [-0.39, 0.29) is 6.04 Å². The molecule has 3 aromatic rings. The Labute approximate surface area is 194 Å². The van der Waals surface area contributed by atoms with Crippen LogP contribution in [0.3, 0.4) is 0 Å². The molecule has 0 aliphatic heterocycles. The Hall–Kier alpha value is -2.72. The lowest BCUT2D eigenvalue weighted by Crippen LogP contribution is -2.48. The van der Waals surface area contributed by atoms with Gasteiger partial charge in [-0.2, -0.15) is 11.1 Å². The molecular weight excluding hydrogens is 424 g/mol. The lowest BCUT2D eigenvalue weighted by molar-refractivity contribution is 0.140. The Balaban J connectivity index is 0.00000187. The molecule has 0 spiro atoms. The van der Waals surface area contributed by atoms with Crippen molar-refractivity contribution in [1.82, 2.24) is 31.3 Å². The van der Waals surface area contributed by atoms with Gasteiger partial charge in [-0.3, -0.25) is 5.84 Å². The molecule has 33 heavy (non-hydrogen) atoms. The van der Waals surface area contributed by atoms with Crippen LogP contribution >= 0.6 is 0 Å². The highest BCUT2D eigenvalue weighted by Crippen LogP contribution is 2.28. The largest absolute Gasteiger partial charge is 0.299 e. The van der Waals surface area contributed by atoms with Crippen LogP contribution in [-0.4, -0.2) is 14.8 Å². The van der Waals surface area contributed by atoms with Gasteiger partial charge in [-0.25, -0.2) is 23.9 Å². The smallest absolute Gasteiger partial charge is 0.257 e. The number of halogens is 2. The monoisotopic (exact) mass is 459 g/mol. The molecule has 7 nitrogen and oxygen atoms in total. The van der Waals surface area contributed by atoms with Crippen molar-refractivity contribution in [2.75, 3.05) is 0 Å². The fourth-order valence-corrected chi connectivity index (χ4v) is 3.46. The van der Waals surface area contributed by atoms with Crippen molar-refractivity contribution >= 4 is 0 Å². The first kappa shape index (κ1) is 26.5. The number of unbranched alkanes of at least 4 members (excludes halogenated alkanes) is 1. The van der Waals surface area contributed by atoms with Crippen molar-refractivity contribution in [2.45, 2.75) is 66.0 Å². The van der Waals surface area contributed by atoms with Gasteiger partial charge in [0.05, 0.1) is 6.54 Å². The first-order valence-corrected chi connectivity index (χ1v) is 11.4. The van der Waals surface area contributed by atoms with Crippen molar-refractivity contribution in [3.8, 4) is 11.1 Å². The number of hydrogen-bond acceptors (Lipinski definition) is 6. The average molecular weight is 460 g/mol. The second-order valence-electron chi connectivity index (χ2n) is 7.37. The third-order valence-electron chi connectivity index (χ3n) is 5.10. The predicted octanol–water partition coefficient (Wildman–Crippen LogP) is 4.83. The van der Waals surface area contributed by atoms with Crippen molar-refractivity contribution in [3.63, 3.8) is 0 Å². The number of nitrogens with one attached hydrogen (secondary N) is 3. The summed E-state index contributed by atoms with van der Waals surface area (Å²) in [5.41, 5.74) is 12.4. The van der Waals surface area contributed by atoms with Crippen LogP contribution in [0.15, 0.2) is 48.5 Å². The summed E-state index contributed by atoms with van der Waals surface area (Å²) in [5.74, 6) is 5.46.